The Morgan fingerprint density at radius 3 is 2.62 bits per heavy atom. The first-order valence-corrected chi connectivity index (χ1v) is 7.66. The number of benzene rings is 1. The molecule has 0 bridgehead atoms. The van der Waals surface area contributed by atoms with E-state index in [-0.39, 0.29) is 18.0 Å². The minimum Gasteiger partial charge on any atom is -0.496 e. The maximum absolute atomic E-state index is 13.6. The third kappa shape index (κ3) is 4.68. The van der Waals surface area contributed by atoms with E-state index in [9.17, 15) is 4.39 Å². The van der Waals surface area contributed by atoms with Crippen molar-refractivity contribution in [3.8, 4) is 5.75 Å². The Morgan fingerprint density at radius 1 is 1.29 bits per heavy atom. The molecular formula is C17H25FO3. The van der Waals surface area contributed by atoms with Gasteiger partial charge in [0.2, 0.25) is 0 Å². The molecule has 0 saturated carbocycles. The van der Waals surface area contributed by atoms with Crippen LogP contribution in [0.4, 0.5) is 4.39 Å². The van der Waals surface area contributed by atoms with Crippen LogP contribution in [0.2, 0.25) is 0 Å². The van der Waals surface area contributed by atoms with Gasteiger partial charge in [0, 0.05) is 18.8 Å². The molecule has 1 atom stereocenters. The summed E-state index contributed by atoms with van der Waals surface area (Å²) in [5.41, 5.74) is 0.803. The quantitative estimate of drug-likeness (QED) is 0.790. The zero-order valence-electron chi connectivity index (χ0n) is 13.1. The number of hydrogen-bond acceptors (Lipinski definition) is 3. The van der Waals surface area contributed by atoms with Crippen molar-refractivity contribution in [3.63, 3.8) is 0 Å². The molecule has 0 aromatic heterocycles. The fraction of sp³-hybridized carbons (Fsp3) is 0.647. The van der Waals surface area contributed by atoms with Crippen LogP contribution in [-0.2, 0) is 9.47 Å². The number of rotatable bonds is 6. The van der Waals surface area contributed by atoms with Crippen LogP contribution in [0.3, 0.4) is 0 Å². The van der Waals surface area contributed by atoms with Gasteiger partial charge in [0.05, 0.1) is 19.3 Å². The molecule has 0 aliphatic carbocycles. The summed E-state index contributed by atoms with van der Waals surface area (Å²) >= 11 is 0. The van der Waals surface area contributed by atoms with E-state index in [0.29, 0.717) is 11.7 Å². The summed E-state index contributed by atoms with van der Waals surface area (Å²) in [6.07, 6.45) is 2.67. The van der Waals surface area contributed by atoms with E-state index in [2.05, 4.69) is 13.8 Å². The molecule has 1 aliphatic rings. The molecule has 118 valence electrons. The van der Waals surface area contributed by atoms with Crippen molar-refractivity contribution in [2.24, 2.45) is 5.92 Å². The van der Waals surface area contributed by atoms with Crippen molar-refractivity contribution < 1.29 is 18.6 Å². The van der Waals surface area contributed by atoms with Crippen molar-refractivity contribution in [2.75, 3.05) is 20.3 Å². The second-order valence-corrected chi connectivity index (χ2v) is 5.95. The molecule has 1 aromatic carbocycles. The summed E-state index contributed by atoms with van der Waals surface area (Å²) in [5, 5.41) is 0. The van der Waals surface area contributed by atoms with E-state index in [4.69, 9.17) is 14.2 Å². The second-order valence-electron chi connectivity index (χ2n) is 5.95. The Bertz CT molecular complexity index is 442. The lowest BCUT2D eigenvalue weighted by Gasteiger charge is -2.29. The van der Waals surface area contributed by atoms with Crippen LogP contribution in [0.15, 0.2) is 18.2 Å². The number of halogens is 1. The minimum atomic E-state index is -0.255. The maximum Gasteiger partial charge on any atom is 0.124 e. The summed E-state index contributed by atoms with van der Waals surface area (Å²) < 4.78 is 30.6. The van der Waals surface area contributed by atoms with E-state index in [1.807, 2.05) is 0 Å². The van der Waals surface area contributed by atoms with Gasteiger partial charge in [0.25, 0.3) is 0 Å². The molecule has 0 spiro atoms. The highest BCUT2D eigenvalue weighted by molar-refractivity contribution is 5.36. The number of methoxy groups -OCH3 is 1. The first kappa shape index (κ1) is 16.2. The molecular weight excluding hydrogens is 271 g/mol. The highest BCUT2D eigenvalue weighted by Crippen LogP contribution is 2.35. The van der Waals surface area contributed by atoms with E-state index < -0.39 is 0 Å². The Kier molecular flexibility index (Phi) is 6.00. The Hall–Kier alpha value is -1.13. The van der Waals surface area contributed by atoms with Gasteiger partial charge in [-0.1, -0.05) is 13.8 Å². The molecule has 1 aromatic rings. The van der Waals surface area contributed by atoms with Crippen LogP contribution >= 0.6 is 0 Å². The summed E-state index contributed by atoms with van der Waals surface area (Å²) in [5.74, 6) is 0.895. The molecule has 0 N–H and O–H groups in total. The largest absolute Gasteiger partial charge is 0.496 e. The van der Waals surface area contributed by atoms with Gasteiger partial charge in [-0.25, -0.2) is 4.39 Å². The molecule has 21 heavy (non-hydrogen) atoms. The van der Waals surface area contributed by atoms with Gasteiger partial charge in [-0.15, -0.1) is 0 Å². The number of ether oxygens (including phenoxy) is 3. The highest BCUT2D eigenvalue weighted by atomic mass is 19.1. The zero-order chi connectivity index (χ0) is 15.2. The van der Waals surface area contributed by atoms with Crippen molar-refractivity contribution >= 4 is 0 Å². The van der Waals surface area contributed by atoms with Gasteiger partial charge >= 0.3 is 0 Å². The Morgan fingerprint density at radius 2 is 2.00 bits per heavy atom. The molecule has 3 nitrogen and oxygen atoms in total. The third-order valence-electron chi connectivity index (χ3n) is 3.75. The molecule has 4 heteroatoms. The maximum atomic E-state index is 13.6. The second kappa shape index (κ2) is 7.76. The first-order chi connectivity index (χ1) is 10.1. The van der Waals surface area contributed by atoms with E-state index in [0.717, 1.165) is 38.0 Å². The van der Waals surface area contributed by atoms with Crippen molar-refractivity contribution in [2.45, 2.75) is 45.3 Å². The Balaban J connectivity index is 2.19. The highest BCUT2D eigenvalue weighted by Gasteiger charge is 2.24. The molecule has 1 fully saturated rings. The fourth-order valence-electron chi connectivity index (χ4n) is 2.69. The Labute approximate surface area is 126 Å². The lowest BCUT2D eigenvalue weighted by molar-refractivity contribution is -0.0760. The molecule has 2 rings (SSSR count). The smallest absolute Gasteiger partial charge is 0.124 e. The van der Waals surface area contributed by atoms with E-state index in [1.165, 1.54) is 12.1 Å². The molecule has 0 amide bonds. The fourth-order valence-corrected chi connectivity index (χ4v) is 2.69. The van der Waals surface area contributed by atoms with E-state index in [1.54, 1.807) is 13.2 Å². The SMILES string of the molecule is COc1ccc(F)cc1[C@H](CC(C)C)OC1CCOCC1. The van der Waals surface area contributed by atoms with Crippen molar-refractivity contribution in [1.29, 1.82) is 0 Å². The summed E-state index contributed by atoms with van der Waals surface area (Å²) in [6, 6.07) is 4.62. The van der Waals surface area contributed by atoms with Crippen LogP contribution in [-0.4, -0.2) is 26.4 Å². The minimum absolute atomic E-state index is 0.140. The van der Waals surface area contributed by atoms with Gasteiger partial charge < -0.3 is 14.2 Å². The lowest BCUT2D eigenvalue weighted by Crippen LogP contribution is -2.26. The molecule has 0 radical (unpaired) electrons. The lowest BCUT2D eigenvalue weighted by atomic mass is 9.97. The molecule has 1 saturated heterocycles. The predicted molar refractivity (Wildman–Crippen MR) is 80.1 cm³/mol. The van der Waals surface area contributed by atoms with Gasteiger partial charge in [-0.3, -0.25) is 0 Å². The number of hydrogen-bond donors (Lipinski definition) is 0. The average Bonchev–Trinajstić information content (AvgIpc) is 2.47. The van der Waals surface area contributed by atoms with Crippen LogP contribution in [0, 0.1) is 11.7 Å². The van der Waals surface area contributed by atoms with Gasteiger partial charge in [0.1, 0.15) is 11.6 Å². The summed E-state index contributed by atoms with van der Waals surface area (Å²) in [6.45, 7) is 5.76. The third-order valence-corrected chi connectivity index (χ3v) is 3.75. The monoisotopic (exact) mass is 296 g/mol. The molecule has 1 heterocycles. The molecule has 1 aliphatic heterocycles. The van der Waals surface area contributed by atoms with Crippen molar-refractivity contribution in [1.82, 2.24) is 0 Å². The van der Waals surface area contributed by atoms with Gasteiger partial charge in [-0.05, 0) is 43.4 Å². The van der Waals surface area contributed by atoms with Crippen LogP contribution < -0.4 is 4.74 Å². The van der Waals surface area contributed by atoms with Gasteiger partial charge in [-0.2, -0.15) is 0 Å². The average molecular weight is 296 g/mol. The van der Waals surface area contributed by atoms with Crippen LogP contribution in [0.25, 0.3) is 0 Å². The van der Waals surface area contributed by atoms with Gasteiger partial charge in [0.15, 0.2) is 0 Å². The predicted octanol–water partition coefficient (Wildman–Crippen LogP) is 4.12. The normalized spacial score (nSPS) is 18.0. The van der Waals surface area contributed by atoms with Crippen LogP contribution in [0.1, 0.15) is 44.8 Å². The van der Waals surface area contributed by atoms with Crippen LogP contribution in [0.5, 0.6) is 5.75 Å². The van der Waals surface area contributed by atoms with E-state index >= 15 is 0 Å². The zero-order valence-corrected chi connectivity index (χ0v) is 13.1. The molecule has 0 unspecified atom stereocenters. The topological polar surface area (TPSA) is 27.7 Å². The van der Waals surface area contributed by atoms with Crippen molar-refractivity contribution in [3.05, 3.63) is 29.6 Å². The summed E-state index contributed by atoms with van der Waals surface area (Å²) in [7, 11) is 1.61. The summed E-state index contributed by atoms with van der Waals surface area (Å²) in [4.78, 5) is 0. The standard InChI is InChI=1S/C17H25FO3/c1-12(2)10-17(21-14-6-8-20-9-7-14)15-11-13(18)4-5-16(15)19-3/h4-5,11-12,14,17H,6-10H2,1-3H3/t17-/m0/s1. The first-order valence-electron chi connectivity index (χ1n) is 7.66.